The lowest BCUT2D eigenvalue weighted by atomic mass is 9.71. The van der Waals surface area contributed by atoms with Gasteiger partial charge < -0.3 is 5.32 Å². The van der Waals surface area contributed by atoms with Gasteiger partial charge in [0.05, 0.1) is 6.04 Å². The second-order valence-corrected chi connectivity index (χ2v) is 7.10. The summed E-state index contributed by atoms with van der Waals surface area (Å²) in [6, 6.07) is 15.3. The van der Waals surface area contributed by atoms with E-state index in [4.69, 9.17) is 11.6 Å². The lowest BCUT2D eigenvalue weighted by Crippen LogP contribution is -2.29. The third-order valence-corrected chi connectivity index (χ3v) is 4.88. The Morgan fingerprint density at radius 1 is 1.14 bits per heavy atom. The van der Waals surface area contributed by atoms with E-state index in [1.165, 1.54) is 28.8 Å². The quantitative estimate of drug-likeness (QED) is 0.731. The number of anilines is 1. The Morgan fingerprint density at radius 2 is 1.90 bits per heavy atom. The number of fused-ring (bicyclic) bond motifs is 1. The van der Waals surface area contributed by atoms with Gasteiger partial charge in [0.25, 0.3) is 0 Å². The number of nitrogens with one attached hydrogen (secondary N) is 1. The summed E-state index contributed by atoms with van der Waals surface area (Å²) in [5.74, 6) is 0. The monoisotopic (exact) mass is 299 g/mol. The molecular weight excluding hydrogens is 278 g/mol. The minimum atomic E-state index is 0.268. The second kappa shape index (κ2) is 5.38. The molecule has 0 amide bonds. The van der Waals surface area contributed by atoms with Crippen LogP contribution in [-0.2, 0) is 5.41 Å². The first-order chi connectivity index (χ1) is 9.97. The van der Waals surface area contributed by atoms with Crippen LogP contribution in [0.2, 0.25) is 5.02 Å². The zero-order chi connectivity index (χ0) is 15.0. The minimum absolute atomic E-state index is 0.268. The predicted octanol–water partition coefficient (Wildman–Crippen LogP) is 5.87. The van der Waals surface area contributed by atoms with Crippen molar-refractivity contribution in [2.24, 2.45) is 0 Å². The molecule has 1 nitrogen and oxygen atoms in total. The number of aryl methyl sites for hydroxylation is 1. The zero-order valence-electron chi connectivity index (χ0n) is 12.9. The van der Waals surface area contributed by atoms with E-state index in [9.17, 15) is 0 Å². The van der Waals surface area contributed by atoms with Crippen molar-refractivity contribution in [3.63, 3.8) is 0 Å². The van der Waals surface area contributed by atoms with Gasteiger partial charge in [-0.2, -0.15) is 0 Å². The van der Waals surface area contributed by atoms with Crippen LogP contribution in [0, 0.1) is 6.92 Å². The largest absolute Gasteiger partial charge is 0.378 e. The van der Waals surface area contributed by atoms with E-state index in [1.54, 1.807) is 0 Å². The van der Waals surface area contributed by atoms with Crippen LogP contribution in [0.1, 0.15) is 49.4 Å². The number of benzene rings is 2. The zero-order valence-corrected chi connectivity index (χ0v) is 13.7. The van der Waals surface area contributed by atoms with Gasteiger partial charge in [0.15, 0.2) is 0 Å². The van der Waals surface area contributed by atoms with Crippen molar-refractivity contribution in [2.75, 3.05) is 5.32 Å². The molecule has 0 heterocycles. The molecule has 1 unspecified atom stereocenters. The van der Waals surface area contributed by atoms with Crippen LogP contribution < -0.4 is 5.32 Å². The molecule has 0 spiro atoms. The van der Waals surface area contributed by atoms with Crippen molar-refractivity contribution < 1.29 is 0 Å². The van der Waals surface area contributed by atoms with Crippen LogP contribution in [-0.4, -0.2) is 0 Å². The lowest BCUT2D eigenvalue weighted by molar-refractivity contribution is 0.406. The summed E-state index contributed by atoms with van der Waals surface area (Å²) in [7, 11) is 0. The summed E-state index contributed by atoms with van der Waals surface area (Å²) in [5, 5.41) is 4.51. The summed E-state index contributed by atoms with van der Waals surface area (Å²) < 4.78 is 0. The summed E-state index contributed by atoms with van der Waals surface area (Å²) in [5.41, 5.74) is 5.55. The van der Waals surface area contributed by atoms with Crippen molar-refractivity contribution in [1.29, 1.82) is 0 Å². The van der Waals surface area contributed by atoms with Gasteiger partial charge in [0.1, 0.15) is 0 Å². The van der Waals surface area contributed by atoms with Crippen LogP contribution in [0.15, 0.2) is 42.5 Å². The molecule has 0 aromatic heterocycles. The fraction of sp³-hybridized carbons (Fsp3) is 0.368. The molecule has 2 aromatic carbocycles. The summed E-state index contributed by atoms with van der Waals surface area (Å²) in [4.78, 5) is 0. The summed E-state index contributed by atoms with van der Waals surface area (Å²) in [6.07, 6.45) is 2.36. The highest BCUT2D eigenvalue weighted by atomic mass is 35.5. The van der Waals surface area contributed by atoms with Crippen molar-refractivity contribution >= 4 is 17.3 Å². The molecule has 1 aliphatic carbocycles. The van der Waals surface area contributed by atoms with E-state index in [0.29, 0.717) is 6.04 Å². The van der Waals surface area contributed by atoms with E-state index in [1.807, 2.05) is 12.1 Å². The van der Waals surface area contributed by atoms with Crippen molar-refractivity contribution in [1.82, 2.24) is 0 Å². The highest BCUT2D eigenvalue weighted by molar-refractivity contribution is 6.30. The minimum Gasteiger partial charge on any atom is -0.378 e. The first-order valence-corrected chi connectivity index (χ1v) is 7.97. The Kier molecular flexibility index (Phi) is 3.71. The smallest absolute Gasteiger partial charge is 0.0517 e. The number of hydrogen-bond donors (Lipinski definition) is 1. The third kappa shape index (κ3) is 2.80. The van der Waals surface area contributed by atoms with Crippen LogP contribution in [0.25, 0.3) is 0 Å². The van der Waals surface area contributed by atoms with Crippen molar-refractivity contribution in [3.8, 4) is 0 Å². The molecule has 0 aliphatic heterocycles. The number of halogens is 1. The van der Waals surface area contributed by atoms with Gasteiger partial charge in [0.2, 0.25) is 0 Å². The topological polar surface area (TPSA) is 12.0 Å². The first kappa shape index (κ1) is 14.5. The average Bonchev–Trinajstić information content (AvgIpc) is 2.45. The average molecular weight is 300 g/mol. The molecule has 0 saturated carbocycles. The normalized spacial score (nSPS) is 19.9. The molecule has 110 valence electrons. The molecule has 1 N–H and O–H groups in total. The first-order valence-electron chi connectivity index (χ1n) is 7.59. The van der Waals surface area contributed by atoms with Gasteiger partial charge in [-0.3, -0.25) is 0 Å². The number of rotatable bonds is 2. The van der Waals surface area contributed by atoms with Gasteiger partial charge in [-0.05, 0) is 60.1 Å². The predicted molar refractivity (Wildman–Crippen MR) is 91.3 cm³/mol. The molecule has 0 bridgehead atoms. The molecular formula is C19H22ClN. The van der Waals surface area contributed by atoms with Crippen molar-refractivity contribution in [3.05, 3.63) is 64.2 Å². The fourth-order valence-electron chi connectivity index (χ4n) is 3.34. The van der Waals surface area contributed by atoms with Crippen LogP contribution in [0.5, 0.6) is 0 Å². The summed E-state index contributed by atoms with van der Waals surface area (Å²) >= 11 is 6.05. The molecule has 0 saturated heterocycles. The molecule has 3 rings (SSSR count). The van der Waals surface area contributed by atoms with E-state index < -0.39 is 0 Å². The second-order valence-electron chi connectivity index (χ2n) is 6.67. The molecule has 1 aliphatic rings. The van der Waals surface area contributed by atoms with Gasteiger partial charge in [-0.25, -0.2) is 0 Å². The highest BCUT2D eigenvalue weighted by Crippen LogP contribution is 2.42. The molecule has 21 heavy (non-hydrogen) atoms. The maximum absolute atomic E-state index is 6.05. The Hall–Kier alpha value is -1.47. The Morgan fingerprint density at radius 3 is 2.67 bits per heavy atom. The molecule has 1 atom stereocenters. The Balaban J connectivity index is 1.94. The summed E-state index contributed by atoms with van der Waals surface area (Å²) in [6.45, 7) is 6.79. The van der Waals surface area contributed by atoms with Gasteiger partial charge in [-0.15, -0.1) is 0 Å². The third-order valence-electron chi connectivity index (χ3n) is 4.64. The van der Waals surface area contributed by atoms with Crippen LogP contribution >= 0.6 is 11.6 Å². The lowest BCUT2D eigenvalue weighted by Gasteiger charge is -2.38. The maximum atomic E-state index is 6.05. The molecule has 2 heteroatoms. The SMILES string of the molecule is Cc1cc(Cl)ccc1NC1CCC(C)(C)c2ccccc21. The van der Waals surface area contributed by atoms with E-state index in [2.05, 4.69) is 56.4 Å². The van der Waals surface area contributed by atoms with E-state index >= 15 is 0 Å². The highest BCUT2D eigenvalue weighted by Gasteiger charge is 2.32. The van der Waals surface area contributed by atoms with E-state index in [-0.39, 0.29) is 5.41 Å². The Bertz CT molecular complexity index is 660. The molecule has 2 aromatic rings. The fourth-order valence-corrected chi connectivity index (χ4v) is 3.57. The van der Waals surface area contributed by atoms with Gasteiger partial charge in [-0.1, -0.05) is 49.7 Å². The van der Waals surface area contributed by atoms with E-state index in [0.717, 1.165) is 11.4 Å². The number of hydrogen-bond acceptors (Lipinski definition) is 1. The van der Waals surface area contributed by atoms with Gasteiger partial charge >= 0.3 is 0 Å². The van der Waals surface area contributed by atoms with Crippen LogP contribution in [0.3, 0.4) is 0 Å². The molecule has 0 radical (unpaired) electrons. The molecule has 0 fully saturated rings. The van der Waals surface area contributed by atoms with Gasteiger partial charge in [0, 0.05) is 10.7 Å². The van der Waals surface area contributed by atoms with Crippen LogP contribution in [0.4, 0.5) is 5.69 Å². The Labute approximate surface area is 132 Å². The maximum Gasteiger partial charge on any atom is 0.0517 e. The standard InChI is InChI=1S/C19H22ClN/c1-13-12-14(20)8-9-17(13)21-18-10-11-19(2,3)16-7-5-4-6-15(16)18/h4-9,12,18,21H,10-11H2,1-3H3. The van der Waals surface area contributed by atoms with Crippen molar-refractivity contribution in [2.45, 2.75) is 45.1 Å².